The molecule has 0 radical (unpaired) electrons. The molecule has 3 aromatic carbocycles. The van der Waals surface area contributed by atoms with Gasteiger partial charge in [0.15, 0.2) is 4.34 Å². The minimum absolute atomic E-state index is 0.0569. The lowest BCUT2D eigenvalue weighted by molar-refractivity contribution is -0.159. The molecular formula is C27H25NO4S2. The Hall–Kier alpha value is -3.16. The molecule has 0 saturated carbocycles. The van der Waals surface area contributed by atoms with Crippen molar-refractivity contribution in [1.82, 2.24) is 4.98 Å². The van der Waals surface area contributed by atoms with Gasteiger partial charge in [0.2, 0.25) is 0 Å². The molecule has 4 aromatic rings. The van der Waals surface area contributed by atoms with Crippen molar-refractivity contribution in [2.45, 2.75) is 35.3 Å². The van der Waals surface area contributed by atoms with Crippen LogP contribution >= 0.6 is 23.1 Å². The second kappa shape index (κ2) is 9.99. The number of nitrogens with zero attached hydrogens (tertiary/aromatic N) is 1. The number of aryl methyl sites for hydroxylation is 1. The fourth-order valence-corrected chi connectivity index (χ4v) is 6.89. The Morgan fingerprint density at radius 2 is 1.44 bits per heavy atom. The Kier molecular flexibility index (Phi) is 7.05. The number of thiazole rings is 1. The van der Waals surface area contributed by atoms with Gasteiger partial charge in [-0.1, -0.05) is 84.6 Å². The van der Waals surface area contributed by atoms with E-state index in [9.17, 15) is 19.8 Å². The summed E-state index contributed by atoms with van der Waals surface area (Å²) in [5.41, 5.74) is 0.938. The number of para-hydroxylation sites is 1. The maximum atomic E-state index is 13.1. The van der Waals surface area contributed by atoms with Gasteiger partial charge < -0.3 is 10.2 Å². The molecule has 0 aliphatic carbocycles. The first-order chi connectivity index (χ1) is 16.3. The van der Waals surface area contributed by atoms with Crippen molar-refractivity contribution in [3.8, 4) is 0 Å². The number of fused-ring (bicyclic) bond motifs is 1. The first-order valence-electron chi connectivity index (χ1n) is 10.9. The summed E-state index contributed by atoms with van der Waals surface area (Å²) in [4.78, 5) is 30.6. The van der Waals surface area contributed by atoms with Crippen LogP contribution in [0.2, 0.25) is 0 Å². The number of hydrogen-bond acceptors (Lipinski definition) is 5. The van der Waals surface area contributed by atoms with Gasteiger partial charge in [-0.3, -0.25) is 9.59 Å². The lowest BCUT2D eigenvalue weighted by Gasteiger charge is -2.42. The number of carboxylic acids is 2. The van der Waals surface area contributed by atoms with Crippen LogP contribution in [0.3, 0.4) is 0 Å². The van der Waals surface area contributed by atoms with Gasteiger partial charge in [0.25, 0.3) is 0 Å². The van der Waals surface area contributed by atoms with Crippen LogP contribution in [0.5, 0.6) is 0 Å². The van der Waals surface area contributed by atoms with E-state index in [1.807, 2.05) is 84.9 Å². The molecule has 0 fully saturated rings. The molecule has 0 saturated heterocycles. The second-order valence-corrected chi connectivity index (χ2v) is 11.0. The Balaban J connectivity index is 1.82. The molecule has 34 heavy (non-hydrogen) atoms. The van der Waals surface area contributed by atoms with E-state index < -0.39 is 22.1 Å². The van der Waals surface area contributed by atoms with E-state index in [1.165, 1.54) is 11.3 Å². The molecule has 0 bridgehead atoms. The number of carboxylic acid groups (broad SMARTS) is 2. The highest BCUT2D eigenvalue weighted by molar-refractivity contribution is 8.03. The first-order valence-corrected chi connectivity index (χ1v) is 12.6. The molecule has 1 aromatic heterocycles. The van der Waals surface area contributed by atoms with Crippen LogP contribution in [0.4, 0.5) is 0 Å². The van der Waals surface area contributed by atoms with Crippen LogP contribution in [0, 0.1) is 5.41 Å². The lowest BCUT2D eigenvalue weighted by Crippen LogP contribution is -2.56. The Morgan fingerprint density at radius 1 is 0.853 bits per heavy atom. The van der Waals surface area contributed by atoms with E-state index in [1.54, 1.807) is 6.92 Å². The summed E-state index contributed by atoms with van der Waals surface area (Å²) in [7, 11) is 0. The van der Waals surface area contributed by atoms with E-state index in [0.29, 0.717) is 10.8 Å². The standard InChI is InChI=1S/C27H25NO4S2/c1-26(23(29)30,17-16-19-10-4-2-5-11-19)27(24(31)32,18-20-12-6-3-7-13-20)34-25-28-21-14-8-9-15-22(21)33-25/h2-15H,16-18H2,1H3,(H,29,30)(H,31,32). The van der Waals surface area contributed by atoms with Crippen LogP contribution < -0.4 is 0 Å². The van der Waals surface area contributed by atoms with Crippen LogP contribution in [0.15, 0.2) is 89.3 Å². The van der Waals surface area contributed by atoms with E-state index in [0.717, 1.165) is 33.1 Å². The zero-order valence-electron chi connectivity index (χ0n) is 18.7. The fourth-order valence-electron chi connectivity index (χ4n) is 4.15. The maximum absolute atomic E-state index is 13.1. The smallest absolute Gasteiger partial charge is 0.321 e. The number of rotatable bonds is 10. The van der Waals surface area contributed by atoms with Gasteiger partial charge in [-0.05, 0) is 49.4 Å². The van der Waals surface area contributed by atoms with Crippen molar-refractivity contribution in [3.05, 3.63) is 96.1 Å². The SMILES string of the molecule is CC(CCc1ccccc1)(C(=O)O)C(Cc1ccccc1)(Sc1nc2ccccc2s1)C(=O)O. The molecule has 0 amide bonds. The van der Waals surface area contributed by atoms with Gasteiger partial charge >= 0.3 is 11.9 Å². The average molecular weight is 492 g/mol. The van der Waals surface area contributed by atoms with Gasteiger partial charge in [0.05, 0.1) is 15.6 Å². The van der Waals surface area contributed by atoms with Crippen molar-refractivity contribution in [3.63, 3.8) is 0 Å². The van der Waals surface area contributed by atoms with Crippen molar-refractivity contribution >= 4 is 45.3 Å². The topological polar surface area (TPSA) is 87.5 Å². The molecule has 174 valence electrons. The highest BCUT2D eigenvalue weighted by Gasteiger charge is 2.59. The van der Waals surface area contributed by atoms with Crippen LogP contribution in [-0.2, 0) is 22.4 Å². The lowest BCUT2D eigenvalue weighted by atomic mass is 9.69. The summed E-state index contributed by atoms with van der Waals surface area (Å²) in [6.45, 7) is 1.57. The van der Waals surface area contributed by atoms with Gasteiger partial charge in [-0.25, -0.2) is 4.98 Å². The maximum Gasteiger partial charge on any atom is 0.321 e. The molecule has 0 aliphatic heterocycles. The summed E-state index contributed by atoms with van der Waals surface area (Å²) in [6, 6.07) is 26.4. The zero-order chi connectivity index (χ0) is 24.2. The molecule has 1 heterocycles. The predicted molar refractivity (Wildman–Crippen MR) is 136 cm³/mol. The van der Waals surface area contributed by atoms with E-state index in [2.05, 4.69) is 4.98 Å². The monoisotopic (exact) mass is 491 g/mol. The molecule has 7 heteroatoms. The van der Waals surface area contributed by atoms with Gasteiger partial charge in [0.1, 0.15) is 4.75 Å². The van der Waals surface area contributed by atoms with E-state index >= 15 is 0 Å². The third-order valence-corrected chi connectivity index (χ3v) is 9.01. The van der Waals surface area contributed by atoms with Crippen LogP contribution in [0.25, 0.3) is 10.2 Å². The van der Waals surface area contributed by atoms with Crippen LogP contribution in [0.1, 0.15) is 24.5 Å². The van der Waals surface area contributed by atoms with Crippen molar-refractivity contribution < 1.29 is 19.8 Å². The van der Waals surface area contributed by atoms with E-state index in [-0.39, 0.29) is 12.8 Å². The predicted octanol–water partition coefficient (Wildman–Crippen LogP) is 6.18. The highest BCUT2D eigenvalue weighted by Crippen LogP contribution is 2.52. The molecule has 0 spiro atoms. The van der Waals surface area contributed by atoms with Crippen molar-refractivity contribution in [1.29, 1.82) is 0 Å². The fraction of sp³-hybridized carbons (Fsp3) is 0.222. The summed E-state index contributed by atoms with van der Waals surface area (Å²) >= 11 is 2.45. The number of aliphatic carboxylic acids is 2. The van der Waals surface area contributed by atoms with Gasteiger partial charge in [-0.15, -0.1) is 11.3 Å². The third-order valence-electron chi connectivity index (χ3n) is 6.30. The summed E-state index contributed by atoms with van der Waals surface area (Å²) < 4.78 is -0.194. The number of hydrogen-bond donors (Lipinski definition) is 2. The number of carbonyl (C=O) groups is 2. The molecule has 4 rings (SSSR count). The molecule has 0 aliphatic rings. The molecule has 2 N–H and O–H groups in total. The minimum Gasteiger partial charge on any atom is -0.481 e. The van der Waals surface area contributed by atoms with Crippen molar-refractivity contribution in [2.24, 2.45) is 5.41 Å². The Bertz CT molecular complexity index is 1260. The number of thioether (sulfide) groups is 1. The first kappa shape index (κ1) is 24.0. The van der Waals surface area contributed by atoms with Crippen molar-refractivity contribution in [2.75, 3.05) is 0 Å². The molecule has 2 atom stereocenters. The quantitative estimate of drug-likeness (QED) is 0.258. The molecule has 5 nitrogen and oxygen atoms in total. The molecular weight excluding hydrogens is 466 g/mol. The van der Waals surface area contributed by atoms with E-state index in [4.69, 9.17) is 0 Å². The molecule has 2 unspecified atom stereocenters. The zero-order valence-corrected chi connectivity index (χ0v) is 20.3. The second-order valence-electron chi connectivity index (χ2n) is 8.47. The summed E-state index contributed by atoms with van der Waals surface area (Å²) in [5, 5.41) is 21.2. The Morgan fingerprint density at radius 3 is 2.03 bits per heavy atom. The van der Waals surface area contributed by atoms with Gasteiger partial charge in [-0.2, -0.15) is 0 Å². The third kappa shape index (κ3) is 4.72. The highest BCUT2D eigenvalue weighted by atomic mass is 32.2. The number of benzene rings is 3. The average Bonchev–Trinajstić information content (AvgIpc) is 3.25. The number of aromatic nitrogens is 1. The summed E-state index contributed by atoms with van der Waals surface area (Å²) in [5.74, 6) is -2.28. The minimum atomic E-state index is -1.68. The summed E-state index contributed by atoms with van der Waals surface area (Å²) in [6.07, 6.45) is 0.679. The van der Waals surface area contributed by atoms with Crippen LogP contribution in [-0.4, -0.2) is 31.9 Å². The largest absolute Gasteiger partial charge is 0.481 e. The normalized spacial score (nSPS) is 14.9. The van der Waals surface area contributed by atoms with Gasteiger partial charge in [0, 0.05) is 0 Å². The Labute approximate surface area is 206 Å².